The number of carbonyl (C=O) groups is 1. The standard InChI is InChI=1S/C12H13ClFN2O/c13-9-3-2-8(6-10(9)14)7-12(11(15)17)4-1-5-16-12/h2-3,6-7,16H,1,4-5H2,(H2,15,17)/t12-/m0/s1. The highest BCUT2D eigenvalue weighted by Crippen LogP contribution is 2.27. The second-order valence-electron chi connectivity index (χ2n) is 4.18. The lowest BCUT2D eigenvalue weighted by atomic mass is 9.88. The van der Waals surface area contributed by atoms with Gasteiger partial charge in [-0.15, -0.1) is 0 Å². The molecule has 5 heteroatoms. The van der Waals surface area contributed by atoms with Gasteiger partial charge in [0.05, 0.1) is 5.02 Å². The predicted octanol–water partition coefficient (Wildman–Crippen LogP) is 1.64. The van der Waals surface area contributed by atoms with E-state index in [-0.39, 0.29) is 5.02 Å². The number of amides is 1. The van der Waals surface area contributed by atoms with Crippen LogP contribution in [0.3, 0.4) is 0 Å². The third-order valence-electron chi connectivity index (χ3n) is 2.98. The van der Waals surface area contributed by atoms with Crippen LogP contribution in [0.25, 0.3) is 0 Å². The molecule has 0 spiro atoms. The van der Waals surface area contributed by atoms with Gasteiger partial charge in [0.15, 0.2) is 0 Å². The van der Waals surface area contributed by atoms with Gasteiger partial charge in [-0.05, 0) is 37.1 Å². The van der Waals surface area contributed by atoms with E-state index in [9.17, 15) is 9.18 Å². The van der Waals surface area contributed by atoms with E-state index in [1.807, 2.05) is 0 Å². The molecule has 0 saturated carbocycles. The summed E-state index contributed by atoms with van der Waals surface area (Å²) in [5.41, 5.74) is 5.13. The Morgan fingerprint density at radius 1 is 1.59 bits per heavy atom. The van der Waals surface area contributed by atoms with E-state index in [1.54, 1.807) is 12.5 Å². The Hall–Kier alpha value is -1.13. The first-order valence-corrected chi connectivity index (χ1v) is 5.77. The summed E-state index contributed by atoms with van der Waals surface area (Å²) in [4.78, 5) is 11.5. The van der Waals surface area contributed by atoms with Crippen LogP contribution in [-0.2, 0) is 4.79 Å². The van der Waals surface area contributed by atoms with Crippen molar-refractivity contribution in [1.82, 2.24) is 5.32 Å². The molecular weight excluding hydrogens is 243 g/mol. The van der Waals surface area contributed by atoms with Gasteiger partial charge in [-0.25, -0.2) is 4.39 Å². The predicted molar refractivity (Wildman–Crippen MR) is 64.0 cm³/mol. The Labute approximate surface area is 104 Å². The maximum absolute atomic E-state index is 13.3. The molecule has 17 heavy (non-hydrogen) atoms. The fourth-order valence-electron chi connectivity index (χ4n) is 2.06. The molecule has 91 valence electrons. The van der Waals surface area contributed by atoms with Crippen molar-refractivity contribution in [3.8, 4) is 0 Å². The second-order valence-corrected chi connectivity index (χ2v) is 4.59. The molecule has 1 aromatic rings. The number of primary amides is 1. The minimum Gasteiger partial charge on any atom is -0.368 e. The molecule has 2 rings (SSSR count). The first-order chi connectivity index (χ1) is 8.03. The molecular formula is C12H13ClFN2O. The first-order valence-electron chi connectivity index (χ1n) is 5.39. The molecule has 1 radical (unpaired) electrons. The van der Waals surface area contributed by atoms with Crippen LogP contribution < -0.4 is 11.1 Å². The lowest BCUT2D eigenvalue weighted by Gasteiger charge is -2.25. The normalized spacial score (nSPS) is 23.9. The number of hydrogen-bond acceptors (Lipinski definition) is 2. The SMILES string of the molecule is NC(=O)[C@@]1([CH]c2ccc(Cl)c(F)c2)CCCN1. The number of nitrogens with two attached hydrogens (primary N) is 1. The Morgan fingerprint density at radius 3 is 2.88 bits per heavy atom. The van der Waals surface area contributed by atoms with Crippen molar-refractivity contribution >= 4 is 17.5 Å². The molecule has 1 heterocycles. The summed E-state index contributed by atoms with van der Waals surface area (Å²) in [7, 11) is 0. The van der Waals surface area contributed by atoms with Gasteiger partial charge in [0.2, 0.25) is 5.91 Å². The summed E-state index contributed by atoms with van der Waals surface area (Å²) in [5.74, 6) is -0.941. The van der Waals surface area contributed by atoms with Gasteiger partial charge < -0.3 is 11.1 Å². The van der Waals surface area contributed by atoms with E-state index >= 15 is 0 Å². The number of nitrogens with one attached hydrogen (secondary N) is 1. The molecule has 3 nitrogen and oxygen atoms in total. The Balaban J connectivity index is 2.23. The smallest absolute Gasteiger partial charge is 0.238 e. The van der Waals surface area contributed by atoms with Gasteiger partial charge in [0, 0.05) is 6.42 Å². The minimum absolute atomic E-state index is 0.0645. The Kier molecular flexibility index (Phi) is 3.35. The van der Waals surface area contributed by atoms with E-state index in [4.69, 9.17) is 17.3 Å². The van der Waals surface area contributed by atoms with Crippen molar-refractivity contribution in [3.63, 3.8) is 0 Å². The van der Waals surface area contributed by atoms with Crippen LogP contribution >= 0.6 is 11.6 Å². The van der Waals surface area contributed by atoms with Crippen LogP contribution in [0.1, 0.15) is 18.4 Å². The van der Waals surface area contributed by atoms with E-state index in [1.165, 1.54) is 12.1 Å². The van der Waals surface area contributed by atoms with Crippen LogP contribution in [0.5, 0.6) is 0 Å². The molecule has 0 bridgehead atoms. The number of hydrogen-bond donors (Lipinski definition) is 2. The summed E-state index contributed by atoms with van der Waals surface area (Å²) in [5, 5.41) is 3.13. The molecule has 1 aliphatic rings. The van der Waals surface area contributed by atoms with Crippen molar-refractivity contribution < 1.29 is 9.18 Å². The lowest BCUT2D eigenvalue weighted by molar-refractivity contribution is -0.122. The van der Waals surface area contributed by atoms with Gasteiger partial charge in [-0.1, -0.05) is 17.7 Å². The summed E-state index contributed by atoms with van der Waals surface area (Å²) in [6.07, 6.45) is 3.17. The first kappa shape index (κ1) is 12.3. The van der Waals surface area contributed by atoms with E-state index in [0.29, 0.717) is 12.0 Å². The highest BCUT2D eigenvalue weighted by atomic mass is 35.5. The molecule has 0 unspecified atom stereocenters. The zero-order valence-electron chi connectivity index (χ0n) is 9.17. The van der Waals surface area contributed by atoms with Crippen LogP contribution in [0, 0.1) is 12.2 Å². The van der Waals surface area contributed by atoms with Gasteiger partial charge in [0.25, 0.3) is 0 Å². The van der Waals surface area contributed by atoms with Crippen molar-refractivity contribution in [2.45, 2.75) is 18.4 Å². The molecule has 0 aliphatic carbocycles. The third-order valence-corrected chi connectivity index (χ3v) is 3.29. The van der Waals surface area contributed by atoms with Crippen LogP contribution in [0.15, 0.2) is 18.2 Å². The summed E-state index contributed by atoms with van der Waals surface area (Å²) in [6.45, 7) is 0.732. The van der Waals surface area contributed by atoms with Crippen LogP contribution in [0.4, 0.5) is 4.39 Å². The highest BCUT2D eigenvalue weighted by Gasteiger charge is 2.39. The van der Waals surface area contributed by atoms with Crippen LogP contribution in [0.2, 0.25) is 5.02 Å². The Bertz CT molecular complexity index is 444. The zero-order valence-corrected chi connectivity index (χ0v) is 9.93. The molecule has 1 aromatic carbocycles. The maximum Gasteiger partial charge on any atom is 0.238 e. The number of carbonyl (C=O) groups excluding carboxylic acids is 1. The number of rotatable bonds is 3. The average molecular weight is 256 g/mol. The topological polar surface area (TPSA) is 55.1 Å². The molecule has 1 amide bonds. The minimum atomic E-state index is -0.861. The summed E-state index contributed by atoms with van der Waals surface area (Å²) >= 11 is 5.60. The zero-order chi connectivity index (χ0) is 12.5. The van der Waals surface area contributed by atoms with Gasteiger partial charge in [-0.2, -0.15) is 0 Å². The van der Waals surface area contributed by atoms with Crippen molar-refractivity contribution in [2.75, 3.05) is 6.54 Å². The maximum atomic E-state index is 13.3. The fourth-order valence-corrected chi connectivity index (χ4v) is 2.18. The Morgan fingerprint density at radius 2 is 2.35 bits per heavy atom. The summed E-state index contributed by atoms with van der Waals surface area (Å²) in [6, 6.07) is 4.43. The van der Waals surface area contributed by atoms with Gasteiger partial charge >= 0.3 is 0 Å². The van der Waals surface area contributed by atoms with E-state index < -0.39 is 17.3 Å². The van der Waals surface area contributed by atoms with Crippen molar-refractivity contribution in [2.24, 2.45) is 5.73 Å². The molecule has 1 fully saturated rings. The third kappa shape index (κ3) is 2.42. The quantitative estimate of drug-likeness (QED) is 0.863. The fraction of sp³-hybridized carbons (Fsp3) is 0.333. The van der Waals surface area contributed by atoms with Crippen molar-refractivity contribution in [3.05, 3.63) is 41.0 Å². The summed E-state index contributed by atoms with van der Waals surface area (Å²) < 4.78 is 13.3. The number of benzene rings is 1. The second kappa shape index (κ2) is 4.63. The van der Waals surface area contributed by atoms with Gasteiger partial charge in [-0.3, -0.25) is 4.79 Å². The average Bonchev–Trinajstić information content (AvgIpc) is 2.73. The molecule has 1 saturated heterocycles. The van der Waals surface area contributed by atoms with Crippen molar-refractivity contribution in [1.29, 1.82) is 0 Å². The molecule has 1 atom stereocenters. The van der Waals surface area contributed by atoms with Crippen LogP contribution in [-0.4, -0.2) is 18.0 Å². The largest absolute Gasteiger partial charge is 0.368 e. The molecule has 0 aromatic heterocycles. The molecule has 1 aliphatic heterocycles. The highest BCUT2D eigenvalue weighted by molar-refractivity contribution is 6.30. The van der Waals surface area contributed by atoms with Gasteiger partial charge in [0.1, 0.15) is 11.4 Å². The monoisotopic (exact) mass is 255 g/mol. The van der Waals surface area contributed by atoms with E-state index in [0.717, 1.165) is 13.0 Å². The number of halogens is 2. The lowest BCUT2D eigenvalue weighted by Crippen LogP contribution is -2.52. The van der Waals surface area contributed by atoms with E-state index in [2.05, 4.69) is 5.32 Å². The molecule has 3 N–H and O–H groups in total.